The Balaban J connectivity index is 1.63. The highest BCUT2D eigenvalue weighted by molar-refractivity contribution is 7.99. The van der Waals surface area contributed by atoms with E-state index in [1.165, 1.54) is 0 Å². The number of aromatic nitrogens is 3. The fourth-order valence-electron chi connectivity index (χ4n) is 1.35. The lowest BCUT2D eigenvalue weighted by Gasteiger charge is -2.02. The molecule has 0 saturated carbocycles. The molecule has 0 saturated heterocycles. The van der Waals surface area contributed by atoms with Gasteiger partial charge >= 0.3 is 0 Å². The summed E-state index contributed by atoms with van der Waals surface area (Å²) in [4.78, 5) is 22.7. The van der Waals surface area contributed by atoms with Crippen LogP contribution in [0.5, 0.6) is 0 Å². The lowest BCUT2D eigenvalue weighted by Crippen LogP contribution is -2.24. The molecule has 0 aromatic carbocycles. The number of nitrogens with zero attached hydrogens (tertiary/aromatic N) is 2. The van der Waals surface area contributed by atoms with E-state index in [9.17, 15) is 4.79 Å². The van der Waals surface area contributed by atoms with E-state index in [-0.39, 0.29) is 5.91 Å². The molecule has 0 aliphatic heterocycles. The molecule has 0 unspecified atom stereocenters. The van der Waals surface area contributed by atoms with Gasteiger partial charge in [0, 0.05) is 17.3 Å². The first-order valence-corrected chi connectivity index (χ1v) is 7.50. The van der Waals surface area contributed by atoms with Gasteiger partial charge < -0.3 is 10.3 Å². The molecule has 0 spiro atoms. The number of hydrogen-bond acceptors (Lipinski definition) is 5. The van der Waals surface area contributed by atoms with Gasteiger partial charge in [-0.15, -0.1) is 23.1 Å². The first kappa shape index (κ1) is 13.1. The molecule has 2 aromatic rings. The molecule has 0 radical (unpaired) electrons. The predicted octanol–water partition coefficient (Wildman–Crippen LogP) is 1.72. The van der Waals surface area contributed by atoms with Crippen molar-refractivity contribution in [3.05, 3.63) is 34.3 Å². The number of aryl methyl sites for hydroxylation is 1. The van der Waals surface area contributed by atoms with Crippen molar-refractivity contribution in [3.8, 4) is 0 Å². The number of rotatable bonds is 6. The van der Waals surface area contributed by atoms with E-state index in [1.54, 1.807) is 35.6 Å². The van der Waals surface area contributed by atoms with Gasteiger partial charge in [-0.2, -0.15) is 0 Å². The van der Waals surface area contributed by atoms with Crippen LogP contribution in [-0.2, 0) is 17.1 Å². The molecule has 7 heteroatoms. The molecule has 96 valence electrons. The van der Waals surface area contributed by atoms with Crippen molar-refractivity contribution in [2.24, 2.45) is 0 Å². The third kappa shape index (κ3) is 4.15. The Kier molecular flexibility index (Phi) is 4.77. The van der Waals surface area contributed by atoms with Crippen LogP contribution in [0.2, 0.25) is 0 Å². The minimum Gasteiger partial charge on any atom is -0.350 e. The summed E-state index contributed by atoms with van der Waals surface area (Å²) in [6, 6.07) is 0. The van der Waals surface area contributed by atoms with Crippen molar-refractivity contribution in [3.63, 3.8) is 0 Å². The van der Waals surface area contributed by atoms with Gasteiger partial charge in [0.2, 0.25) is 5.91 Å². The Hall–Kier alpha value is -1.34. The van der Waals surface area contributed by atoms with E-state index in [1.807, 2.05) is 12.3 Å². The van der Waals surface area contributed by atoms with Crippen molar-refractivity contribution < 1.29 is 4.79 Å². The quantitative estimate of drug-likeness (QED) is 0.846. The number of imidazole rings is 1. The van der Waals surface area contributed by atoms with Gasteiger partial charge in [-0.05, 0) is 6.92 Å². The highest BCUT2D eigenvalue weighted by Crippen LogP contribution is 2.14. The fraction of sp³-hybridized carbons (Fsp3) is 0.364. The molecule has 0 fully saturated rings. The Bertz CT molecular complexity index is 495. The van der Waals surface area contributed by atoms with Crippen molar-refractivity contribution in [2.45, 2.75) is 19.2 Å². The van der Waals surface area contributed by atoms with Crippen LogP contribution >= 0.6 is 23.1 Å². The number of amides is 1. The number of aromatic amines is 1. The summed E-state index contributed by atoms with van der Waals surface area (Å²) in [5.74, 6) is 1.26. The largest absolute Gasteiger partial charge is 0.350 e. The number of H-pyrrole nitrogens is 1. The Morgan fingerprint density at radius 1 is 1.61 bits per heavy atom. The zero-order valence-corrected chi connectivity index (χ0v) is 11.6. The van der Waals surface area contributed by atoms with Crippen molar-refractivity contribution in [1.82, 2.24) is 20.3 Å². The number of carbonyl (C=O) groups is 1. The molecular weight excluding hydrogens is 268 g/mol. The maximum atomic E-state index is 11.5. The molecule has 5 nitrogen and oxygen atoms in total. The zero-order valence-electron chi connectivity index (χ0n) is 9.97. The van der Waals surface area contributed by atoms with Crippen molar-refractivity contribution in [1.29, 1.82) is 0 Å². The van der Waals surface area contributed by atoms with E-state index in [4.69, 9.17) is 0 Å². The molecule has 0 bridgehead atoms. The summed E-state index contributed by atoms with van der Waals surface area (Å²) in [7, 11) is 0. The third-order valence-electron chi connectivity index (χ3n) is 2.18. The summed E-state index contributed by atoms with van der Waals surface area (Å²) in [5.41, 5.74) is 1.95. The standard InChI is InChI=1S/C11H14N4OS2/c1-8-15-10(5-18-8)4-17-6-11(16)13-3-9-2-12-7-14-9/h2,5,7H,3-4,6H2,1H3,(H,12,14)(H,13,16). The molecule has 2 rings (SSSR count). The maximum Gasteiger partial charge on any atom is 0.230 e. The van der Waals surface area contributed by atoms with E-state index < -0.39 is 0 Å². The van der Waals surface area contributed by atoms with Gasteiger partial charge in [-0.1, -0.05) is 0 Å². The molecule has 0 atom stereocenters. The first-order chi connectivity index (χ1) is 8.74. The van der Waals surface area contributed by atoms with Gasteiger partial charge in [0.25, 0.3) is 0 Å². The van der Waals surface area contributed by atoms with Crippen molar-refractivity contribution >= 4 is 29.0 Å². The molecule has 2 aromatic heterocycles. The van der Waals surface area contributed by atoms with Gasteiger partial charge in [-0.25, -0.2) is 9.97 Å². The average Bonchev–Trinajstić information content (AvgIpc) is 2.98. The summed E-state index contributed by atoms with van der Waals surface area (Å²) in [6.07, 6.45) is 3.30. The van der Waals surface area contributed by atoms with Crippen LogP contribution in [0.1, 0.15) is 16.4 Å². The Morgan fingerprint density at radius 2 is 2.50 bits per heavy atom. The third-order valence-corrected chi connectivity index (χ3v) is 3.97. The minimum absolute atomic E-state index is 0.0292. The van der Waals surface area contributed by atoms with Crippen LogP contribution in [0.4, 0.5) is 0 Å². The number of thioether (sulfide) groups is 1. The van der Waals surface area contributed by atoms with Crippen molar-refractivity contribution in [2.75, 3.05) is 5.75 Å². The normalized spacial score (nSPS) is 10.5. The smallest absolute Gasteiger partial charge is 0.230 e. The highest BCUT2D eigenvalue weighted by Gasteiger charge is 2.04. The average molecular weight is 282 g/mol. The molecule has 1 amide bonds. The summed E-state index contributed by atoms with van der Waals surface area (Å²) in [5, 5.41) is 5.92. The van der Waals surface area contributed by atoms with E-state index in [0.29, 0.717) is 12.3 Å². The SMILES string of the molecule is Cc1nc(CSCC(=O)NCc2cnc[nH]2)cs1. The van der Waals surface area contributed by atoms with Gasteiger partial charge in [0.1, 0.15) is 0 Å². The van der Waals surface area contributed by atoms with Gasteiger partial charge in [0.05, 0.1) is 35.0 Å². The lowest BCUT2D eigenvalue weighted by molar-refractivity contribution is -0.118. The Morgan fingerprint density at radius 3 is 3.17 bits per heavy atom. The number of thiazole rings is 1. The lowest BCUT2D eigenvalue weighted by atomic mass is 10.5. The van der Waals surface area contributed by atoms with Gasteiger partial charge in [0.15, 0.2) is 0 Å². The van der Waals surface area contributed by atoms with E-state index >= 15 is 0 Å². The second-order valence-electron chi connectivity index (χ2n) is 3.70. The fourth-order valence-corrected chi connectivity index (χ4v) is 2.81. The summed E-state index contributed by atoms with van der Waals surface area (Å²) < 4.78 is 0. The Labute approximate surface area is 113 Å². The molecule has 2 heterocycles. The molecule has 0 aliphatic carbocycles. The number of carbonyl (C=O) groups excluding carboxylic acids is 1. The topological polar surface area (TPSA) is 70.7 Å². The van der Waals surface area contributed by atoms with Crippen LogP contribution in [0.15, 0.2) is 17.9 Å². The van der Waals surface area contributed by atoms with Crippen LogP contribution in [-0.4, -0.2) is 26.6 Å². The van der Waals surface area contributed by atoms with Crippen LogP contribution < -0.4 is 5.32 Å². The minimum atomic E-state index is 0.0292. The first-order valence-electron chi connectivity index (χ1n) is 5.47. The summed E-state index contributed by atoms with van der Waals surface area (Å²) >= 11 is 3.21. The van der Waals surface area contributed by atoms with Crippen LogP contribution in [0.25, 0.3) is 0 Å². The molecule has 18 heavy (non-hydrogen) atoms. The van der Waals surface area contributed by atoms with E-state index in [2.05, 4.69) is 20.3 Å². The molecule has 0 aliphatic rings. The zero-order chi connectivity index (χ0) is 12.8. The monoisotopic (exact) mass is 282 g/mol. The predicted molar refractivity (Wildman–Crippen MR) is 73.4 cm³/mol. The number of hydrogen-bond donors (Lipinski definition) is 2. The van der Waals surface area contributed by atoms with E-state index in [0.717, 1.165) is 22.1 Å². The maximum absolute atomic E-state index is 11.5. The van der Waals surface area contributed by atoms with Crippen LogP contribution in [0, 0.1) is 6.92 Å². The second-order valence-corrected chi connectivity index (χ2v) is 5.75. The van der Waals surface area contributed by atoms with Crippen LogP contribution in [0.3, 0.4) is 0 Å². The highest BCUT2D eigenvalue weighted by atomic mass is 32.2. The number of nitrogens with one attached hydrogen (secondary N) is 2. The van der Waals surface area contributed by atoms with Gasteiger partial charge in [-0.3, -0.25) is 4.79 Å². The molecule has 2 N–H and O–H groups in total. The molecular formula is C11H14N4OS2. The second kappa shape index (κ2) is 6.55. The summed E-state index contributed by atoms with van der Waals surface area (Å²) in [6.45, 7) is 2.48.